The second-order valence-electron chi connectivity index (χ2n) is 3.74. The third-order valence-electron chi connectivity index (χ3n) is 2.73. The summed E-state index contributed by atoms with van der Waals surface area (Å²) < 4.78 is 4.65. The molecule has 1 fully saturated rings. The van der Waals surface area contributed by atoms with Crippen molar-refractivity contribution in [2.75, 3.05) is 39.3 Å². The Balaban J connectivity index is 1.87. The van der Waals surface area contributed by atoms with E-state index in [2.05, 4.69) is 14.6 Å². The van der Waals surface area contributed by atoms with Gasteiger partial charge < -0.3 is 14.5 Å². The monoisotopic (exact) mass is 225 g/mol. The quantitative estimate of drug-likeness (QED) is 0.745. The van der Waals surface area contributed by atoms with E-state index in [-0.39, 0.29) is 12.5 Å². The molecule has 16 heavy (non-hydrogen) atoms. The van der Waals surface area contributed by atoms with Gasteiger partial charge in [0.1, 0.15) is 6.26 Å². The number of rotatable bonds is 3. The Bertz CT molecular complexity index is 331. The van der Waals surface area contributed by atoms with E-state index in [1.807, 2.05) is 0 Å². The molecule has 2 heterocycles. The summed E-state index contributed by atoms with van der Waals surface area (Å²) in [6.45, 7) is 3.77. The van der Waals surface area contributed by atoms with Crippen molar-refractivity contribution in [1.82, 2.24) is 15.0 Å². The van der Waals surface area contributed by atoms with E-state index in [0.29, 0.717) is 25.3 Å². The van der Waals surface area contributed by atoms with Crippen LogP contribution in [0.1, 0.15) is 10.5 Å². The van der Waals surface area contributed by atoms with Gasteiger partial charge in [0.2, 0.25) is 0 Å². The van der Waals surface area contributed by atoms with E-state index in [9.17, 15) is 4.79 Å². The van der Waals surface area contributed by atoms with E-state index in [1.54, 1.807) is 11.0 Å². The molecule has 0 aromatic carbocycles. The lowest BCUT2D eigenvalue weighted by Gasteiger charge is -2.33. The summed E-state index contributed by atoms with van der Waals surface area (Å²) in [4.78, 5) is 15.7. The first-order valence-electron chi connectivity index (χ1n) is 5.34. The third kappa shape index (κ3) is 2.40. The van der Waals surface area contributed by atoms with Crippen molar-refractivity contribution in [1.29, 1.82) is 0 Å². The first-order valence-corrected chi connectivity index (χ1v) is 5.34. The third-order valence-corrected chi connectivity index (χ3v) is 2.73. The van der Waals surface area contributed by atoms with E-state index < -0.39 is 0 Å². The molecular weight excluding hydrogens is 210 g/mol. The molecule has 0 unspecified atom stereocenters. The number of carbonyl (C=O) groups excluding carboxylic acids is 1. The first-order chi connectivity index (χ1) is 7.81. The lowest BCUT2D eigenvalue weighted by molar-refractivity contribution is 0.0605. The van der Waals surface area contributed by atoms with E-state index in [0.717, 1.165) is 13.1 Å². The van der Waals surface area contributed by atoms with Gasteiger partial charge in [-0.3, -0.25) is 9.69 Å². The van der Waals surface area contributed by atoms with Gasteiger partial charge in [0.25, 0.3) is 5.91 Å². The fourth-order valence-corrected chi connectivity index (χ4v) is 1.80. The molecule has 0 spiro atoms. The Morgan fingerprint density at radius 3 is 2.75 bits per heavy atom. The van der Waals surface area contributed by atoms with Crippen molar-refractivity contribution < 1.29 is 14.4 Å². The molecule has 0 aliphatic carbocycles. The standard InChI is InChI=1S/C10H15N3O3/c14-7-6-12-2-4-13(5-3-12)10(15)9-1-8-16-11-9/h1,8,14H,2-7H2. The minimum atomic E-state index is -0.0857. The fourth-order valence-electron chi connectivity index (χ4n) is 1.80. The minimum Gasteiger partial charge on any atom is -0.395 e. The average Bonchev–Trinajstić information content (AvgIpc) is 2.83. The molecular formula is C10H15N3O3. The normalized spacial score (nSPS) is 17.7. The Labute approximate surface area is 93.4 Å². The summed E-state index contributed by atoms with van der Waals surface area (Å²) in [6, 6.07) is 1.57. The maximum atomic E-state index is 11.9. The van der Waals surface area contributed by atoms with Crippen LogP contribution >= 0.6 is 0 Å². The number of nitrogens with zero attached hydrogens (tertiary/aromatic N) is 3. The fraction of sp³-hybridized carbons (Fsp3) is 0.600. The number of β-amino-alcohol motifs (C(OH)–C–C–N with tert-alkyl or cyclic N) is 1. The molecule has 1 aliphatic rings. The number of aromatic nitrogens is 1. The van der Waals surface area contributed by atoms with E-state index in [4.69, 9.17) is 5.11 Å². The molecule has 0 radical (unpaired) electrons. The SMILES string of the molecule is O=C(c1ccon1)N1CCN(CCO)CC1. The van der Waals surface area contributed by atoms with Gasteiger partial charge in [0.05, 0.1) is 6.61 Å². The highest BCUT2D eigenvalue weighted by molar-refractivity contribution is 5.92. The molecule has 1 aromatic rings. The smallest absolute Gasteiger partial charge is 0.276 e. The summed E-state index contributed by atoms with van der Waals surface area (Å²) in [5, 5.41) is 12.4. The number of carbonyl (C=O) groups is 1. The molecule has 88 valence electrons. The zero-order valence-corrected chi connectivity index (χ0v) is 9.00. The number of piperazine rings is 1. The predicted molar refractivity (Wildman–Crippen MR) is 55.9 cm³/mol. The van der Waals surface area contributed by atoms with Gasteiger partial charge in [-0.15, -0.1) is 0 Å². The minimum absolute atomic E-state index is 0.0857. The largest absolute Gasteiger partial charge is 0.395 e. The van der Waals surface area contributed by atoms with Crippen molar-refractivity contribution in [3.8, 4) is 0 Å². The van der Waals surface area contributed by atoms with Crippen LogP contribution in [0.15, 0.2) is 16.9 Å². The summed E-state index contributed by atoms with van der Waals surface area (Å²) in [6.07, 6.45) is 1.40. The first kappa shape index (κ1) is 11.1. The van der Waals surface area contributed by atoms with Crippen LogP contribution in [0.5, 0.6) is 0 Å². The van der Waals surface area contributed by atoms with Gasteiger partial charge in [0.15, 0.2) is 5.69 Å². The summed E-state index contributed by atoms with van der Waals surface area (Å²) in [5.41, 5.74) is 0.357. The highest BCUT2D eigenvalue weighted by Gasteiger charge is 2.23. The molecule has 1 N–H and O–H groups in total. The molecule has 6 heteroatoms. The van der Waals surface area contributed by atoms with Crippen LogP contribution in [0.3, 0.4) is 0 Å². The Kier molecular flexibility index (Phi) is 3.53. The van der Waals surface area contributed by atoms with Crippen molar-refractivity contribution in [3.05, 3.63) is 18.0 Å². The van der Waals surface area contributed by atoms with Gasteiger partial charge in [-0.05, 0) is 0 Å². The van der Waals surface area contributed by atoms with Crippen LogP contribution in [0.25, 0.3) is 0 Å². The van der Waals surface area contributed by atoms with Gasteiger partial charge in [-0.2, -0.15) is 0 Å². The second-order valence-corrected chi connectivity index (χ2v) is 3.74. The van der Waals surface area contributed by atoms with Crippen LogP contribution < -0.4 is 0 Å². The molecule has 0 saturated carbocycles. The van der Waals surface area contributed by atoms with Gasteiger partial charge in [-0.25, -0.2) is 0 Å². The second kappa shape index (κ2) is 5.09. The number of hydrogen-bond donors (Lipinski definition) is 1. The predicted octanol–water partition coefficient (Wildman–Crippen LogP) is -0.575. The summed E-state index contributed by atoms with van der Waals surface area (Å²) >= 11 is 0. The molecule has 1 amide bonds. The maximum Gasteiger partial charge on any atom is 0.276 e. The van der Waals surface area contributed by atoms with Crippen molar-refractivity contribution in [3.63, 3.8) is 0 Å². The van der Waals surface area contributed by atoms with Crippen LogP contribution in [-0.4, -0.2) is 65.3 Å². The lowest BCUT2D eigenvalue weighted by atomic mass is 10.3. The van der Waals surface area contributed by atoms with E-state index in [1.165, 1.54) is 6.26 Å². The average molecular weight is 225 g/mol. The molecule has 1 saturated heterocycles. The molecule has 6 nitrogen and oxygen atoms in total. The van der Waals surface area contributed by atoms with Gasteiger partial charge >= 0.3 is 0 Å². The van der Waals surface area contributed by atoms with Crippen LogP contribution in [0.2, 0.25) is 0 Å². The van der Waals surface area contributed by atoms with Crippen molar-refractivity contribution in [2.24, 2.45) is 0 Å². The van der Waals surface area contributed by atoms with Gasteiger partial charge in [0, 0.05) is 38.8 Å². The van der Waals surface area contributed by atoms with E-state index >= 15 is 0 Å². The Morgan fingerprint density at radius 2 is 2.19 bits per heavy atom. The Morgan fingerprint density at radius 1 is 1.44 bits per heavy atom. The molecule has 1 aliphatic heterocycles. The lowest BCUT2D eigenvalue weighted by Crippen LogP contribution is -2.49. The molecule has 2 rings (SSSR count). The van der Waals surface area contributed by atoms with Crippen LogP contribution in [0.4, 0.5) is 0 Å². The summed E-state index contributed by atoms with van der Waals surface area (Å²) in [7, 11) is 0. The van der Waals surface area contributed by atoms with Crippen molar-refractivity contribution in [2.45, 2.75) is 0 Å². The number of amides is 1. The molecule has 0 atom stereocenters. The molecule has 0 bridgehead atoms. The summed E-state index contributed by atoms with van der Waals surface area (Å²) in [5.74, 6) is -0.0857. The zero-order valence-electron chi connectivity index (χ0n) is 9.00. The highest BCUT2D eigenvalue weighted by atomic mass is 16.5. The van der Waals surface area contributed by atoms with Crippen LogP contribution in [-0.2, 0) is 0 Å². The number of hydrogen-bond acceptors (Lipinski definition) is 5. The maximum absolute atomic E-state index is 11.9. The van der Waals surface area contributed by atoms with Crippen molar-refractivity contribution >= 4 is 5.91 Å². The molecule has 1 aromatic heterocycles. The van der Waals surface area contributed by atoms with Crippen LogP contribution in [0, 0.1) is 0 Å². The Hall–Kier alpha value is -1.40. The zero-order chi connectivity index (χ0) is 11.4. The number of aliphatic hydroxyl groups excluding tert-OH is 1. The van der Waals surface area contributed by atoms with Gasteiger partial charge in [-0.1, -0.05) is 5.16 Å². The number of aliphatic hydroxyl groups is 1. The highest BCUT2D eigenvalue weighted by Crippen LogP contribution is 2.06. The topological polar surface area (TPSA) is 69.8 Å².